The van der Waals surface area contributed by atoms with Crippen molar-refractivity contribution in [1.29, 1.82) is 0 Å². The molecule has 4 rings (SSSR count). The maximum Gasteiger partial charge on any atom is 0.252 e. The zero-order valence-corrected chi connectivity index (χ0v) is 15.6. The first-order valence-electron chi connectivity index (χ1n) is 9.96. The van der Waals surface area contributed by atoms with Crippen molar-refractivity contribution in [2.24, 2.45) is 5.92 Å². The molecule has 1 atom stereocenters. The molecule has 0 bridgehead atoms. The molecule has 2 aromatic rings. The average Bonchev–Trinajstić information content (AvgIpc) is 2.67. The molecule has 1 saturated carbocycles. The Morgan fingerprint density at radius 3 is 2.70 bits per heavy atom. The molecule has 5 heteroatoms. The summed E-state index contributed by atoms with van der Waals surface area (Å²) in [6.07, 6.45) is 5.94. The molecule has 142 valence electrons. The van der Waals surface area contributed by atoms with Crippen LogP contribution in [-0.4, -0.2) is 29.6 Å². The van der Waals surface area contributed by atoms with Gasteiger partial charge in [-0.2, -0.15) is 0 Å². The number of amides is 1. The van der Waals surface area contributed by atoms with Gasteiger partial charge < -0.3 is 15.2 Å². The normalized spacial score (nSPS) is 24.8. The van der Waals surface area contributed by atoms with Gasteiger partial charge in [0.15, 0.2) is 0 Å². The number of pyridine rings is 1. The molecule has 2 N–H and O–H groups in total. The minimum absolute atomic E-state index is 0.0371. The lowest BCUT2D eigenvalue weighted by Gasteiger charge is -2.36. The van der Waals surface area contributed by atoms with E-state index in [-0.39, 0.29) is 17.5 Å². The first-order valence-corrected chi connectivity index (χ1v) is 9.96. The molecule has 1 aromatic carbocycles. The van der Waals surface area contributed by atoms with E-state index < -0.39 is 0 Å². The highest BCUT2D eigenvalue weighted by molar-refractivity contribution is 5.94. The Morgan fingerprint density at radius 1 is 1.15 bits per heavy atom. The van der Waals surface area contributed by atoms with Crippen LogP contribution in [0.3, 0.4) is 0 Å². The van der Waals surface area contributed by atoms with Crippen molar-refractivity contribution in [1.82, 2.24) is 15.2 Å². The standard InChI is InChI=1S/C22H27N3O2/c26-21-9-8-18(15-25(21)14-16-5-4-10-23-13-16)22(27)24-20-11-19(12-20)17-6-2-1-3-7-17/h1-3,6-9,15-16,19-20,23H,4-5,10-14H2,(H,24,27)/t16-,19?,20?/m0/s1. The number of rotatable bonds is 5. The van der Waals surface area contributed by atoms with E-state index in [0.29, 0.717) is 23.9 Å². The van der Waals surface area contributed by atoms with Crippen LogP contribution in [0.4, 0.5) is 0 Å². The quantitative estimate of drug-likeness (QED) is 0.856. The SMILES string of the molecule is O=C(NC1CC(c2ccccc2)C1)c1ccc(=O)n(C[C@H]2CCCNC2)c1. The van der Waals surface area contributed by atoms with Crippen LogP contribution in [0, 0.1) is 5.92 Å². The van der Waals surface area contributed by atoms with E-state index in [4.69, 9.17) is 0 Å². The van der Waals surface area contributed by atoms with Crippen LogP contribution in [0.5, 0.6) is 0 Å². The van der Waals surface area contributed by atoms with E-state index in [1.165, 1.54) is 11.6 Å². The monoisotopic (exact) mass is 365 g/mol. The fourth-order valence-corrected chi connectivity index (χ4v) is 4.17. The van der Waals surface area contributed by atoms with E-state index in [2.05, 4.69) is 34.9 Å². The van der Waals surface area contributed by atoms with Crippen molar-refractivity contribution in [2.45, 2.75) is 44.2 Å². The van der Waals surface area contributed by atoms with Crippen LogP contribution in [0.15, 0.2) is 53.5 Å². The average molecular weight is 365 g/mol. The van der Waals surface area contributed by atoms with Gasteiger partial charge in [-0.05, 0) is 62.2 Å². The second-order valence-electron chi connectivity index (χ2n) is 7.87. The molecule has 1 saturated heterocycles. The maximum atomic E-state index is 12.6. The molecule has 2 aliphatic rings. The number of benzene rings is 1. The number of nitrogens with one attached hydrogen (secondary N) is 2. The molecule has 1 aromatic heterocycles. The third kappa shape index (κ3) is 4.30. The van der Waals surface area contributed by atoms with Gasteiger partial charge in [-0.3, -0.25) is 9.59 Å². The summed E-state index contributed by atoms with van der Waals surface area (Å²) < 4.78 is 1.69. The van der Waals surface area contributed by atoms with Gasteiger partial charge in [0.1, 0.15) is 0 Å². The van der Waals surface area contributed by atoms with Gasteiger partial charge in [0.25, 0.3) is 11.5 Å². The van der Waals surface area contributed by atoms with E-state index in [1.54, 1.807) is 16.8 Å². The predicted octanol–water partition coefficient (Wildman–Crippen LogP) is 2.52. The minimum atomic E-state index is -0.0815. The molecular weight excluding hydrogens is 338 g/mol. The van der Waals surface area contributed by atoms with E-state index in [0.717, 1.165) is 38.8 Å². The van der Waals surface area contributed by atoms with Gasteiger partial charge in [0.05, 0.1) is 5.56 Å². The lowest BCUT2D eigenvalue weighted by atomic mass is 9.76. The number of carbonyl (C=O) groups excluding carboxylic acids is 1. The summed E-state index contributed by atoms with van der Waals surface area (Å²) in [5.41, 5.74) is 1.88. The lowest BCUT2D eigenvalue weighted by Crippen LogP contribution is -2.43. The summed E-state index contributed by atoms with van der Waals surface area (Å²) in [7, 11) is 0. The zero-order valence-electron chi connectivity index (χ0n) is 15.6. The van der Waals surface area contributed by atoms with Crippen LogP contribution in [0.2, 0.25) is 0 Å². The molecule has 1 amide bonds. The Balaban J connectivity index is 1.35. The maximum absolute atomic E-state index is 12.6. The number of carbonyl (C=O) groups is 1. The highest BCUT2D eigenvalue weighted by Crippen LogP contribution is 2.36. The highest BCUT2D eigenvalue weighted by atomic mass is 16.2. The molecule has 0 radical (unpaired) electrons. The first-order chi connectivity index (χ1) is 13.2. The first kappa shape index (κ1) is 18.0. The van der Waals surface area contributed by atoms with Gasteiger partial charge in [0, 0.05) is 24.8 Å². The number of nitrogens with zero attached hydrogens (tertiary/aromatic N) is 1. The van der Waals surface area contributed by atoms with Gasteiger partial charge in [-0.15, -0.1) is 0 Å². The molecular formula is C22H27N3O2. The van der Waals surface area contributed by atoms with Crippen molar-refractivity contribution in [3.05, 3.63) is 70.1 Å². The molecule has 1 aliphatic carbocycles. The van der Waals surface area contributed by atoms with Gasteiger partial charge in [-0.25, -0.2) is 0 Å². The predicted molar refractivity (Wildman–Crippen MR) is 106 cm³/mol. The fourth-order valence-electron chi connectivity index (χ4n) is 4.17. The van der Waals surface area contributed by atoms with Crippen molar-refractivity contribution in [3.63, 3.8) is 0 Å². The third-order valence-corrected chi connectivity index (χ3v) is 5.84. The van der Waals surface area contributed by atoms with E-state index >= 15 is 0 Å². The highest BCUT2D eigenvalue weighted by Gasteiger charge is 2.31. The van der Waals surface area contributed by atoms with Gasteiger partial charge in [-0.1, -0.05) is 30.3 Å². The number of hydrogen-bond acceptors (Lipinski definition) is 3. The Morgan fingerprint density at radius 2 is 1.96 bits per heavy atom. The Kier molecular flexibility index (Phi) is 5.39. The zero-order chi connectivity index (χ0) is 18.6. The second kappa shape index (κ2) is 8.09. The Labute approximate surface area is 159 Å². The third-order valence-electron chi connectivity index (χ3n) is 5.84. The summed E-state index contributed by atoms with van der Waals surface area (Å²) >= 11 is 0. The largest absolute Gasteiger partial charge is 0.349 e. The van der Waals surface area contributed by atoms with Crippen LogP contribution >= 0.6 is 0 Å². The smallest absolute Gasteiger partial charge is 0.252 e. The molecule has 27 heavy (non-hydrogen) atoms. The van der Waals surface area contributed by atoms with Crippen LogP contribution in [0.25, 0.3) is 0 Å². The van der Waals surface area contributed by atoms with Gasteiger partial charge in [0.2, 0.25) is 0 Å². The fraction of sp³-hybridized carbons (Fsp3) is 0.455. The van der Waals surface area contributed by atoms with E-state index in [1.807, 2.05) is 6.07 Å². The van der Waals surface area contributed by atoms with Crippen molar-refractivity contribution in [3.8, 4) is 0 Å². The summed E-state index contributed by atoms with van der Waals surface area (Å²) in [5.74, 6) is 0.902. The number of aromatic nitrogens is 1. The molecule has 2 heterocycles. The molecule has 0 spiro atoms. The summed E-state index contributed by atoms with van der Waals surface area (Å²) in [4.78, 5) is 24.8. The summed E-state index contributed by atoms with van der Waals surface area (Å²) in [6.45, 7) is 2.66. The molecule has 1 aliphatic heterocycles. The van der Waals surface area contributed by atoms with Crippen LogP contribution in [-0.2, 0) is 6.54 Å². The molecule has 5 nitrogen and oxygen atoms in total. The summed E-state index contributed by atoms with van der Waals surface area (Å²) in [5, 5.41) is 6.49. The number of piperidine rings is 1. The minimum Gasteiger partial charge on any atom is -0.349 e. The molecule has 0 unspecified atom stereocenters. The topological polar surface area (TPSA) is 63.1 Å². The summed E-state index contributed by atoms with van der Waals surface area (Å²) in [6, 6.07) is 13.8. The van der Waals surface area contributed by atoms with Crippen molar-refractivity contribution in [2.75, 3.05) is 13.1 Å². The Bertz CT molecular complexity index is 834. The van der Waals surface area contributed by atoms with Crippen LogP contribution in [0.1, 0.15) is 47.5 Å². The number of hydrogen-bond donors (Lipinski definition) is 2. The van der Waals surface area contributed by atoms with E-state index in [9.17, 15) is 9.59 Å². The lowest BCUT2D eigenvalue weighted by molar-refractivity contribution is 0.0908. The van der Waals surface area contributed by atoms with Crippen molar-refractivity contribution >= 4 is 5.91 Å². The Hall–Kier alpha value is -2.40. The van der Waals surface area contributed by atoms with Gasteiger partial charge >= 0.3 is 0 Å². The molecule has 2 fully saturated rings. The second-order valence-corrected chi connectivity index (χ2v) is 7.87. The van der Waals surface area contributed by atoms with Crippen molar-refractivity contribution < 1.29 is 4.79 Å². The van der Waals surface area contributed by atoms with Crippen LogP contribution < -0.4 is 16.2 Å².